The van der Waals surface area contributed by atoms with Gasteiger partial charge in [-0.25, -0.2) is 0 Å². The molecular weight excluding hydrogens is 260 g/mol. The average Bonchev–Trinajstić information content (AvgIpc) is 2.83. The van der Waals surface area contributed by atoms with Crippen molar-refractivity contribution in [1.82, 2.24) is 20.3 Å². The van der Waals surface area contributed by atoms with Crippen molar-refractivity contribution in [1.29, 1.82) is 0 Å². The molecule has 2 N–H and O–H groups in total. The average molecular weight is 276 g/mol. The van der Waals surface area contributed by atoms with Gasteiger partial charge in [0.15, 0.2) is 0 Å². The number of amides is 1. The van der Waals surface area contributed by atoms with Crippen molar-refractivity contribution in [2.45, 2.75) is 25.1 Å². The second-order valence-corrected chi connectivity index (χ2v) is 4.82. The highest BCUT2D eigenvalue weighted by Crippen LogP contribution is 2.08. The minimum atomic E-state index is -0.558. The van der Waals surface area contributed by atoms with Gasteiger partial charge in [-0.1, -0.05) is 12.1 Å². The Bertz CT molecular complexity index is 579. The number of aliphatic hydroxyl groups excluding tert-OH is 1. The van der Waals surface area contributed by atoms with E-state index < -0.39 is 6.10 Å². The van der Waals surface area contributed by atoms with Crippen LogP contribution in [0, 0.1) is 0 Å². The van der Waals surface area contributed by atoms with Gasteiger partial charge in [0, 0.05) is 6.61 Å². The normalized spacial score (nSPS) is 22.9. The van der Waals surface area contributed by atoms with Crippen molar-refractivity contribution in [2.75, 3.05) is 13.2 Å². The summed E-state index contributed by atoms with van der Waals surface area (Å²) in [6.45, 7) is 0.888. The highest BCUT2D eigenvalue weighted by Gasteiger charge is 2.25. The number of aliphatic hydroxyl groups is 1. The van der Waals surface area contributed by atoms with E-state index in [1.807, 2.05) is 24.3 Å². The molecule has 0 aliphatic carbocycles. The number of rotatable bonds is 3. The molecule has 1 aromatic carbocycles. The standard InChI is InChI=1S/C13H16N4O3/c18-12-5-6-20-8-11(12)14-13(19)7-17-15-9-3-1-2-4-10(9)16-17/h1-4,11-12,18H,5-8H2,(H,14,19)/t11-,12-/m1/s1. The van der Waals surface area contributed by atoms with E-state index >= 15 is 0 Å². The van der Waals surface area contributed by atoms with Crippen LogP contribution in [0.2, 0.25) is 0 Å². The maximum absolute atomic E-state index is 11.9. The Balaban J connectivity index is 1.63. The Kier molecular flexibility index (Phi) is 3.62. The van der Waals surface area contributed by atoms with Gasteiger partial charge in [0.05, 0.1) is 18.8 Å². The molecule has 7 nitrogen and oxygen atoms in total. The number of nitrogens with zero attached hydrogens (tertiary/aromatic N) is 3. The van der Waals surface area contributed by atoms with Crippen LogP contribution in [0.5, 0.6) is 0 Å². The fourth-order valence-electron chi connectivity index (χ4n) is 2.22. The first kappa shape index (κ1) is 13.0. The van der Waals surface area contributed by atoms with Gasteiger partial charge in [-0.05, 0) is 18.6 Å². The molecule has 0 saturated carbocycles. The first-order valence-electron chi connectivity index (χ1n) is 6.57. The lowest BCUT2D eigenvalue weighted by atomic mass is 10.1. The van der Waals surface area contributed by atoms with Crippen LogP contribution in [-0.4, -0.2) is 51.4 Å². The summed E-state index contributed by atoms with van der Waals surface area (Å²) in [5, 5.41) is 20.9. The molecular formula is C13H16N4O3. The predicted octanol–water partition coefficient (Wildman–Crippen LogP) is -0.303. The van der Waals surface area contributed by atoms with Crippen molar-refractivity contribution in [3.05, 3.63) is 24.3 Å². The van der Waals surface area contributed by atoms with E-state index in [1.54, 1.807) is 0 Å². The van der Waals surface area contributed by atoms with Crippen LogP contribution >= 0.6 is 0 Å². The number of nitrogens with one attached hydrogen (secondary N) is 1. The SMILES string of the molecule is O=C(Cn1nc2ccccc2n1)N[C@@H]1COCC[C@H]1O. The summed E-state index contributed by atoms with van der Waals surface area (Å²) < 4.78 is 5.24. The molecule has 2 heterocycles. The molecule has 0 bridgehead atoms. The monoisotopic (exact) mass is 276 g/mol. The van der Waals surface area contributed by atoms with Crippen LogP contribution in [0.1, 0.15) is 6.42 Å². The molecule has 1 saturated heterocycles. The molecule has 1 aliphatic rings. The van der Waals surface area contributed by atoms with Crippen LogP contribution in [0.3, 0.4) is 0 Å². The van der Waals surface area contributed by atoms with E-state index in [0.717, 1.165) is 11.0 Å². The van der Waals surface area contributed by atoms with Crippen LogP contribution in [-0.2, 0) is 16.1 Å². The van der Waals surface area contributed by atoms with Gasteiger partial charge < -0.3 is 15.2 Å². The summed E-state index contributed by atoms with van der Waals surface area (Å²) in [5.41, 5.74) is 1.50. The zero-order valence-corrected chi connectivity index (χ0v) is 10.9. The summed E-state index contributed by atoms with van der Waals surface area (Å²) in [6, 6.07) is 7.07. The first-order chi connectivity index (χ1) is 9.72. The number of fused-ring (bicyclic) bond motifs is 1. The van der Waals surface area contributed by atoms with Crippen LogP contribution in [0.25, 0.3) is 11.0 Å². The first-order valence-corrected chi connectivity index (χ1v) is 6.57. The summed E-state index contributed by atoms with van der Waals surface area (Å²) in [5.74, 6) is -0.236. The van der Waals surface area contributed by atoms with Gasteiger partial charge in [0.1, 0.15) is 17.6 Å². The van der Waals surface area contributed by atoms with Crippen molar-refractivity contribution >= 4 is 16.9 Å². The minimum Gasteiger partial charge on any atom is -0.391 e. The van der Waals surface area contributed by atoms with Gasteiger partial charge >= 0.3 is 0 Å². The predicted molar refractivity (Wildman–Crippen MR) is 70.9 cm³/mol. The Morgan fingerprint density at radius 2 is 2.10 bits per heavy atom. The molecule has 0 radical (unpaired) electrons. The maximum Gasteiger partial charge on any atom is 0.243 e. The molecule has 2 atom stereocenters. The molecule has 20 heavy (non-hydrogen) atoms. The third kappa shape index (κ3) is 2.78. The second-order valence-electron chi connectivity index (χ2n) is 4.82. The third-order valence-corrected chi connectivity index (χ3v) is 3.28. The van der Waals surface area contributed by atoms with Gasteiger partial charge in [-0.3, -0.25) is 4.79 Å². The molecule has 0 spiro atoms. The lowest BCUT2D eigenvalue weighted by molar-refractivity contribution is -0.125. The van der Waals surface area contributed by atoms with E-state index in [2.05, 4.69) is 15.5 Å². The summed E-state index contributed by atoms with van der Waals surface area (Å²) >= 11 is 0. The Morgan fingerprint density at radius 3 is 2.75 bits per heavy atom. The lowest BCUT2D eigenvalue weighted by Gasteiger charge is -2.28. The fourth-order valence-corrected chi connectivity index (χ4v) is 2.22. The summed E-state index contributed by atoms with van der Waals surface area (Å²) in [7, 11) is 0. The van der Waals surface area contributed by atoms with Crippen LogP contribution in [0.15, 0.2) is 24.3 Å². The van der Waals surface area contributed by atoms with Gasteiger partial charge in [-0.15, -0.1) is 0 Å². The van der Waals surface area contributed by atoms with Crippen molar-refractivity contribution in [3.63, 3.8) is 0 Å². The molecule has 1 aromatic heterocycles. The number of aromatic nitrogens is 3. The zero-order valence-electron chi connectivity index (χ0n) is 10.9. The van der Waals surface area contributed by atoms with Gasteiger partial charge in [-0.2, -0.15) is 15.0 Å². The molecule has 3 rings (SSSR count). The van der Waals surface area contributed by atoms with E-state index in [4.69, 9.17) is 4.74 Å². The lowest BCUT2D eigenvalue weighted by Crippen LogP contribution is -2.50. The zero-order chi connectivity index (χ0) is 13.9. The topological polar surface area (TPSA) is 89.3 Å². The smallest absolute Gasteiger partial charge is 0.243 e. The van der Waals surface area contributed by atoms with Gasteiger partial charge in [0.25, 0.3) is 0 Å². The number of ether oxygens (including phenoxy) is 1. The minimum absolute atomic E-state index is 0.0257. The number of hydrogen-bond donors (Lipinski definition) is 2. The second kappa shape index (κ2) is 5.56. The quantitative estimate of drug-likeness (QED) is 0.803. The third-order valence-electron chi connectivity index (χ3n) is 3.28. The molecule has 1 fully saturated rings. The molecule has 106 valence electrons. The molecule has 7 heteroatoms. The van der Waals surface area contributed by atoms with Crippen molar-refractivity contribution < 1.29 is 14.6 Å². The summed E-state index contributed by atoms with van der Waals surface area (Å²) in [4.78, 5) is 13.3. The Labute approximate surface area is 115 Å². The Morgan fingerprint density at radius 1 is 1.40 bits per heavy atom. The van der Waals surface area contributed by atoms with Gasteiger partial charge in [0.2, 0.25) is 5.91 Å². The molecule has 1 amide bonds. The molecule has 1 aliphatic heterocycles. The molecule has 2 aromatic rings. The Hall–Kier alpha value is -1.99. The van der Waals surface area contributed by atoms with Crippen molar-refractivity contribution in [2.24, 2.45) is 0 Å². The maximum atomic E-state index is 11.9. The highest BCUT2D eigenvalue weighted by atomic mass is 16.5. The van der Waals surface area contributed by atoms with Crippen molar-refractivity contribution in [3.8, 4) is 0 Å². The van der Waals surface area contributed by atoms with Crippen LogP contribution < -0.4 is 5.32 Å². The highest BCUT2D eigenvalue weighted by molar-refractivity contribution is 5.77. The largest absolute Gasteiger partial charge is 0.391 e. The summed E-state index contributed by atoms with van der Waals surface area (Å²) in [6.07, 6.45) is -0.0214. The number of carbonyl (C=O) groups excluding carboxylic acids is 1. The van der Waals surface area contributed by atoms with Crippen LogP contribution in [0.4, 0.5) is 0 Å². The van der Waals surface area contributed by atoms with E-state index in [1.165, 1.54) is 4.80 Å². The van der Waals surface area contributed by atoms with E-state index in [0.29, 0.717) is 19.6 Å². The number of carbonyl (C=O) groups is 1. The van der Waals surface area contributed by atoms with E-state index in [-0.39, 0.29) is 18.5 Å². The fraction of sp³-hybridized carbons (Fsp3) is 0.462. The molecule has 0 unspecified atom stereocenters. The van der Waals surface area contributed by atoms with E-state index in [9.17, 15) is 9.90 Å². The number of hydrogen-bond acceptors (Lipinski definition) is 5. The number of benzene rings is 1.